The average molecular weight is 250 g/mol. The second-order valence-corrected chi connectivity index (χ2v) is 4.79. The molecule has 0 bridgehead atoms. The molecular weight excluding hydrogens is 235 g/mol. The Morgan fingerprint density at radius 3 is 2.83 bits per heavy atom. The van der Waals surface area contributed by atoms with Crippen LogP contribution in [0.25, 0.3) is 0 Å². The van der Waals surface area contributed by atoms with Crippen LogP contribution in [0.3, 0.4) is 0 Å². The van der Waals surface area contributed by atoms with Gasteiger partial charge in [-0.2, -0.15) is 0 Å². The van der Waals surface area contributed by atoms with E-state index in [2.05, 4.69) is 5.32 Å². The molecule has 1 aliphatic rings. The molecule has 0 spiro atoms. The summed E-state index contributed by atoms with van der Waals surface area (Å²) in [6, 6.07) is 4.02. The van der Waals surface area contributed by atoms with Gasteiger partial charge in [-0.15, -0.1) is 0 Å². The Morgan fingerprint density at radius 2 is 2.17 bits per heavy atom. The molecule has 0 unspecified atom stereocenters. The number of rotatable bonds is 2. The van der Waals surface area contributed by atoms with Crippen LogP contribution in [0.5, 0.6) is 0 Å². The standard InChI is InChI=1S/C13H15FN2O2/c1-13(2)12(18)15-5-6-16(13)11-4-3-10(14)7-9(11)8-17/h3-4,7-8H,5-6H2,1-2H3,(H,15,18). The van der Waals surface area contributed by atoms with Gasteiger partial charge in [0.15, 0.2) is 6.29 Å². The highest BCUT2D eigenvalue weighted by atomic mass is 19.1. The fraction of sp³-hybridized carbons (Fsp3) is 0.385. The van der Waals surface area contributed by atoms with Crippen molar-refractivity contribution in [1.82, 2.24) is 5.32 Å². The van der Waals surface area contributed by atoms with E-state index in [0.717, 1.165) is 0 Å². The zero-order valence-corrected chi connectivity index (χ0v) is 10.4. The third-order valence-corrected chi connectivity index (χ3v) is 3.26. The van der Waals surface area contributed by atoms with E-state index in [-0.39, 0.29) is 11.5 Å². The third-order valence-electron chi connectivity index (χ3n) is 3.26. The number of carbonyl (C=O) groups excluding carboxylic acids is 2. The van der Waals surface area contributed by atoms with Crippen LogP contribution in [-0.4, -0.2) is 30.8 Å². The molecule has 4 nitrogen and oxygen atoms in total. The molecule has 1 aromatic rings. The summed E-state index contributed by atoms with van der Waals surface area (Å²) in [6.07, 6.45) is 0.612. The average Bonchev–Trinajstić information content (AvgIpc) is 2.33. The molecule has 0 atom stereocenters. The zero-order chi connectivity index (χ0) is 13.3. The molecular formula is C13H15FN2O2. The number of piperazine rings is 1. The maximum Gasteiger partial charge on any atom is 0.245 e. The fourth-order valence-electron chi connectivity index (χ4n) is 2.19. The summed E-state index contributed by atoms with van der Waals surface area (Å²) in [5.74, 6) is -0.560. The topological polar surface area (TPSA) is 49.4 Å². The van der Waals surface area contributed by atoms with Crippen molar-refractivity contribution in [2.24, 2.45) is 0 Å². The summed E-state index contributed by atoms with van der Waals surface area (Å²) in [4.78, 5) is 24.7. The predicted octanol–water partition coefficient (Wildman–Crippen LogP) is 1.35. The van der Waals surface area contributed by atoms with E-state index >= 15 is 0 Å². The largest absolute Gasteiger partial charge is 0.355 e. The van der Waals surface area contributed by atoms with Gasteiger partial charge in [0.05, 0.1) is 0 Å². The van der Waals surface area contributed by atoms with Gasteiger partial charge in [0.2, 0.25) is 5.91 Å². The molecule has 1 fully saturated rings. The summed E-state index contributed by atoms with van der Waals surface area (Å²) >= 11 is 0. The van der Waals surface area contributed by atoms with E-state index in [4.69, 9.17) is 0 Å². The van der Waals surface area contributed by atoms with Crippen LogP contribution in [-0.2, 0) is 4.79 Å². The van der Waals surface area contributed by atoms with Crippen molar-refractivity contribution >= 4 is 17.9 Å². The smallest absolute Gasteiger partial charge is 0.245 e. The molecule has 1 N–H and O–H groups in total. The highest BCUT2D eigenvalue weighted by Gasteiger charge is 2.38. The number of amides is 1. The van der Waals surface area contributed by atoms with Crippen molar-refractivity contribution in [3.05, 3.63) is 29.6 Å². The molecule has 96 valence electrons. The second-order valence-electron chi connectivity index (χ2n) is 4.79. The lowest BCUT2D eigenvalue weighted by atomic mass is 9.96. The van der Waals surface area contributed by atoms with Crippen molar-refractivity contribution in [3.8, 4) is 0 Å². The number of aldehydes is 1. The first kappa shape index (κ1) is 12.5. The van der Waals surface area contributed by atoms with Gasteiger partial charge in [-0.25, -0.2) is 4.39 Å². The zero-order valence-electron chi connectivity index (χ0n) is 10.4. The summed E-state index contributed by atoms with van der Waals surface area (Å²) < 4.78 is 13.1. The van der Waals surface area contributed by atoms with E-state index in [9.17, 15) is 14.0 Å². The van der Waals surface area contributed by atoms with E-state index in [1.807, 2.05) is 4.90 Å². The molecule has 1 aromatic carbocycles. The van der Waals surface area contributed by atoms with Gasteiger partial charge < -0.3 is 10.2 Å². The molecule has 1 amide bonds. The van der Waals surface area contributed by atoms with Crippen molar-refractivity contribution in [2.75, 3.05) is 18.0 Å². The number of anilines is 1. The van der Waals surface area contributed by atoms with E-state index in [0.29, 0.717) is 25.1 Å². The van der Waals surface area contributed by atoms with Crippen LogP contribution >= 0.6 is 0 Å². The number of nitrogens with one attached hydrogen (secondary N) is 1. The van der Waals surface area contributed by atoms with Crippen LogP contribution in [0, 0.1) is 5.82 Å². The molecule has 1 heterocycles. The lowest BCUT2D eigenvalue weighted by Gasteiger charge is -2.43. The number of benzene rings is 1. The summed E-state index contributed by atoms with van der Waals surface area (Å²) in [7, 11) is 0. The van der Waals surface area contributed by atoms with Crippen LogP contribution in [0.1, 0.15) is 24.2 Å². The Labute approximate surface area is 105 Å². The highest BCUT2D eigenvalue weighted by Crippen LogP contribution is 2.29. The van der Waals surface area contributed by atoms with E-state index in [1.165, 1.54) is 12.1 Å². The van der Waals surface area contributed by atoms with Crippen LogP contribution in [0.15, 0.2) is 18.2 Å². The van der Waals surface area contributed by atoms with Crippen LogP contribution in [0.2, 0.25) is 0 Å². The van der Waals surface area contributed by atoms with Crippen molar-refractivity contribution in [3.63, 3.8) is 0 Å². The maximum absolute atomic E-state index is 13.1. The Kier molecular flexibility index (Phi) is 3.07. The normalized spacial score (nSPS) is 18.4. The van der Waals surface area contributed by atoms with Crippen LogP contribution in [0.4, 0.5) is 10.1 Å². The van der Waals surface area contributed by atoms with Gasteiger partial charge in [0, 0.05) is 24.3 Å². The molecule has 18 heavy (non-hydrogen) atoms. The van der Waals surface area contributed by atoms with Gasteiger partial charge in [0.25, 0.3) is 0 Å². The minimum absolute atomic E-state index is 0.102. The summed E-state index contributed by atoms with van der Waals surface area (Å²) in [5.41, 5.74) is 0.0948. The molecule has 0 radical (unpaired) electrons. The molecule has 1 aliphatic heterocycles. The summed E-state index contributed by atoms with van der Waals surface area (Å²) in [5, 5.41) is 2.78. The minimum atomic E-state index is -0.756. The Bertz CT molecular complexity index is 500. The molecule has 0 aliphatic carbocycles. The van der Waals surface area contributed by atoms with Crippen molar-refractivity contribution in [2.45, 2.75) is 19.4 Å². The number of nitrogens with zero attached hydrogens (tertiary/aromatic N) is 1. The van der Waals surface area contributed by atoms with Crippen molar-refractivity contribution < 1.29 is 14.0 Å². The fourth-order valence-corrected chi connectivity index (χ4v) is 2.19. The molecule has 5 heteroatoms. The molecule has 0 saturated carbocycles. The lowest BCUT2D eigenvalue weighted by Crippen LogP contribution is -2.62. The number of carbonyl (C=O) groups is 2. The lowest BCUT2D eigenvalue weighted by molar-refractivity contribution is -0.126. The summed E-state index contributed by atoms with van der Waals surface area (Å²) in [6.45, 7) is 4.65. The van der Waals surface area contributed by atoms with Gasteiger partial charge in [-0.05, 0) is 32.0 Å². The van der Waals surface area contributed by atoms with Gasteiger partial charge in [-0.1, -0.05) is 0 Å². The molecule has 1 saturated heterocycles. The first-order valence-corrected chi connectivity index (χ1v) is 5.77. The van der Waals surface area contributed by atoms with Crippen molar-refractivity contribution in [1.29, 1.82) is 0 Å². The van der Waals surface area contributed by atoms with Gasteiger partial charge in [-0.3, -0.25) is 9.59 Å². The second kappa shape index (κ2) is 4.40. The number of hydrogen-bond acceptors (Lipinski definition) is 3. The Balaban J connectivity index is 2.47. The molecule has 0 aromatic heterocycles. The van der Waals surface area contributed by atoms with Crippen LogP contribution < -0.4 is 10.2 Å². The monoisotopic (exact) mass is 250 g/mol. The Morgan fingerprint density at radius 1 is 1.44 bits per heavy atom. The predicted molar refractivity (Wildman–Crippen MR) is 66.2 cm³/mol. The van der Waals surface area contributed by atoms with Gasteiger partial charge in [0.1, 0.15) is 11.4 Å². The van der Waals surface area contributed by atoms with Gasteiger partial charge >= 0.3 is 0 Å². The van der Waals surface area contributed by atoms with E-state index in [1.54, 1.807) is 19.9 Å². The number of hydrogen-bond donors (Lipinski definition) is 1. The van der Waals surface area contributed by atoms with E-state index < -0.39 is 11.4 Å². The molecule has 2 rings (SSSR count). The third kappa shape index (κ3) is 1.96. The highest BCUT2D eigenvalue weighted by molar-refractivity contribution is 5.93. The first-order valence-electron chi connectivity index (χ1n) is 5.77. The SMILES string of the molecule is CC1(C)C(=O)NCCN1c1ccc(F)cc1C=O. The first-order chi connectivity index (χ1) is 8.46. The quantitative estimate of drug-likeness (QED) is 0.806. The Hall–Kier alpha value is -1.91. The number of halogens is 1. The maximum atomic E-state index is 13.1. The minimum Gasteiger partial charge on any atom is -0.355 e.